The minimum absolute atomic E-state index is 0.717. The summed E-state index contributed by atoms with van der Waals surface area (Å²) in [6, 6.07) is 2.44. The fourth-order valence-corrected chi connectivity index (χ4v) is 4.81. The van der Waals surface area contributed by atoms with E-state index >= 15 is 0 Å². The van der Waals surface area contributed by atoms with E-state index in [1.54, 1.807) is 0 Å². The van der Waals surface area contributed by atoms with Crippen LogP contribution in [0.15, 0.2) is 0 Å². The highest BCUT2D eigenvalue weighted by atomic mass is 15.4. The summed E-state index contributed by atoms with van der Waals surface area (Å²) in [5.74, 6) is 0. The molecule has 0 N–H and O–H groups in total. The summed E-state index contributed by atoms with van der Waals surface area (Å²) in [4.78, 5) is 10.8. The number of piperazine rings is 1. The standard InChI is InChI=1S/C19H36N4/c1-4-19(5-6-19)15-20-11-17(12-20)23-13-18(14-23)22-9-7-21(8-10-22)16(2)3/h16-18H,4-15H2,1-3H3. The first-order chi connectivity index (χ1) is 11.1. The van der Waals surface area contributed by atoms with Crippen molar-refractivity contribution in [3.8, 4) is 0 Å². The maximum atomic E-state index is 2.75. The molecule has 0 radical (unpaired) electrons. The van der Waals surface area contributed by atoms with Gasteiger partial charge in [0, 0.05) is 77.0 Å². The summed E-state index contributed by atoms with van der Waals surface area (Å²) < 4.78 is 0. The Kier molecular flexibility index (Phi) is 4.46. The first-order valence-corrected chi connectivity index (χ1v) is 10.0. The molecule has 0 unspecified atom stereocenters. The van der Waals surface area contributed by atoms with Gasteiger partial charge in [-0.25, -0.2) is 0 Å². The maximum absolute atomic E-state index is 2.75. The molecule has 0 amide bonds. The molecule has 4 heteroatoms. The van der Waals surface area contributed by atoms with Gasteiger partial charge in [0.05, 0.1) is 0 Å². The first kappa shape index (κ1) is 16.3. The van der Waals surface area contributed by atoms with Crippen LogP contribution in [-0.4, -0.2) is 96.6 Å². The highest BCUT2D eigenvalue weighted by molar-refractivity contribution is 5.02. The number of hydrogen-bond donors (Lipinski definition) is 0. The summed E-state index contributed by atoms with van der Waals surface area (Å²) in [5.41, 5.74) is 0.735. The van der Waals surface area contributed by atoms with Crippen LogP contribution in [-0.2, 0) is 0 Å². The minimum Gasteiger partial charge on any atom is -0.300 e. The third-order valence-corrected chi connectivity index (χ3v) is 7.21. The second-order valence-corrected chi connectivity index (χ2v) is 8.97. The highest BCUT2D eigenvalue weighted by Gasteiger charge is 2.46. The molecule has 3 saturated heterocycles. The average molecular weight is 321 g/mol. The molecule has 0 aromatic heterocycles. The van der Waals surface area contributed by atoms with Crippen LogP contribution in [0.25, 0.3) is 0 Å². The lowest BCUT2D eigenvalue weighted by Crippen LogP contribution is -2.71. The molecule has 4 nitrogen and oxygen atoms in total. The third kappa shape index (κ3) is 3.33. The van der Waals surface area contributed by atoms with Crippen molar-refractivity contribution in [1.82, 2.24) is 19.6 Å². The Morgan fingerprint density at radius 3 is 2.00 bits per heavy atom. The summed E-state index contributed by atoms with van der Waals surface area (Å²) in [5, 5.41) is 0. The van der Waals surface area contributed by atoms with Crippen LogP contribution in [0.2, 0.25) is 0 Å². The van der Waals surface area contributed by atoms with E-state index in [1.807, 2.05) is 0 Å². The molecule has 0 spiro atoms. The van der Waals surface area contributed by atoms with E-state index in [2.05, 4.69) is 40.4 Å². The molecule has 4 fully saturated rings. The first-order valence-electron chi connectivity index (χ1n) is 10.0. The molecule has 4 rings (SSSR count). The molecule has 0 bridgehead atoms. The lowest BCUT2D eigenvalue weighted by molar-refractivity contribution is -0.0654. The van der Waals surface area contributed by atoms with E-state index in [4.69, 9.17) is 0 Å². The Morgan fingerprint density at radius 2 is 1.48 bits per heavy atom. The Hall–Kier alpha value is -0.160. The van der Waals surface area contributed by atoms with Crippen LogP contribution < -0.4 is 0 Å². The van der Waals surface area contributed by atoms with Gasteiger partial charge in [0.1, 0.15) is 0 Å². The van der Waals surface area contributed by atoms with Gasteiger partial charge < -0.3 is 0 Å². The smallest absolute Gasteiger partial charge is 0.0351 e. The molecule has 132 valence electrons. The van der Waals surface area contributed by atoms with Gasteiger partial charge >= 0.3 is 0 Å². The van der Waals surface area contributed by atoms with Crippen LogP contribution in [0.1, 0.15) is 40.0 Å². The fraction of sp³-hybridized carbons (Fsp3) is 1.00. The van der Waals surface area contributed by atoms with Crippen LogP contribution in [0.5, 0.6) is 0 Å². The van der Waals surface area contributed by atoms with E-state index in [0.29, 0.717) is 6.04 Å². The predicted octanol–water partition coefficient (Wildman–Crippen LogP) is 1.57. The van der Waals surface area contributed by atoms with E-state index in [1.165, 1.54) is 78.2 Å². The van der Waals surface area contributed by atoms with Crippen LogP contribution in [0, 0.1) is 5.41 Å². The molecule has 0 aromatic carbocycles. The SMILES string of the molecule is CCC1(CN2CC(N3CC(N4CCN(C(C)C)CC4)C3)C2)CC1. The van der Waals surface area contributed by atoms with E-state index in [-0.39, 0.29) is 0 Å². The van der Waals surface area contributed by atoms with Crippen LogP contribution in [0.4, 0.5) is 0 Å². The number of likely N-dealkylation sites (tertiary alicyclic amines) is 2. The lowest BCUT2D eigenvalue weighted by atomic mass is 9.95. The van der Waals surface area contributed by atoms with E-state index < -0.39 is 0 Å². The lowest BCUT2D eigenvalue weighted by Gasteiger charge is -2.55. The van der Waals surface area contributed by atoms with Crippen molar-refractivity contribution < 1.29 is 0 Å². The molecule has 1 saturated carbocycles. The average Bonchev–Trinajstić information content (AvgIpc) is 3.24. The third-order valence-electron chi connectivity index (χ3n) is 7.21. The Labute approximate surface area is 142 Å². The zero-order chi connectivity index (χ0) is 16.0. The zero-order valence-electron chi connectivity index (χ0n) is 15.5. The van der Waals surface area contributed by atoms with Crippen molar-refractivity contribution in [2.45, 2.75) is 58.2 Å². The number of rotatable bonds is 6. The van der Waals surface area contributed by atoms with Crippen LogP contribution >= 0.6 is 0 Å². The monoisotopic (exact) mass is 320 g/mol. The second-order valence-electron chi connectivity index (χ2n) is 8.97. The predicted molar refractivity (Wildman–Crippen MR) is 95.8 cm³/mol. The van der Waals surface area contributed by atoms with Gasteiger partial charge in [-0.3, -0.25) is 19.6 Å². The van der Waals surface area contributed by atoms with Crippen LogP contribution in [0.3, 0.4) is 0 Å². The van der Waals surface area contributed by atoms with Gasteiger partial charge in [-0.1, -0.05) is 6.92 Å². The molecule has 23 heavy (non-hydrogen) atoms. The summed E-state index contributed by atoms with van der Waals surface area (Å²) >= 11 is 0. The fourth-order valence-electron chi connectivity index (χ4n) is 4.81. The molecular formula is C19H36N4. The van der Waals surface area contributed by atoms with Gasteiger partial charge in [-0.05, 0) is 38.5 Å². The van der Waals surface area contributed by atoms with Crippen molar-refractivity contribution in [2.75, 3.05) is 58.9 Å². The zero-order valence-corrected chi connectivity index (χ0v) is 15.5. The molecule has 4 aliphatic rings. The van der Waals surface area contributed by atoms with Gasteiger partial charge in [0.15, 0.2) is 0 Å². The summed E-state index contributed by atoms with van der Waals surface area (Å²) in [7, 11) is 0. The van der Waals surface area contributed by atoms with E-state index in [0.717, 1.165) is 17.5 Å². The molecule has 0 aromatic rings. The van der Waals surface area contributed by atoms with Gasteiger partial charge in [-0.15, -0.1) is 0 Å². The van der Waals surface area contributed by atoms with Crippen molar-refractivity contribution in [1.29, 1.82) is 0 Å². The van der Waals surface area contributed by atoms with Crippen molar-refractivity contribution in [3.05, 3.63) is 0 Å². The Balaban J connectivity index is 1.13. The Bertz CT molecular complexity index is 400. The largest absolute Gasteiger partial charge is 0.300 e. The van der Waals surface area contributed by atoms with Crippen molar-refractivity contribution >= 4 is 0 Å². The molecular weight excluding hydrogens is 284 g/mol. The highest BCUT2D eigenvalue weighted by Crippen LogP contribution is 2.49. The molecule has 3 heterocycles. The molecule has 3 aliphatic heterocycles. The second kappa shape index (κ2) is 6.29. The van der Waals surface area contributed by atoms with Crippen molar-refractivity contribution in [3.63, 3.8) is 0 Å². The van der Waals surface area contributed by atoms with E-state index in [9.17, 15) is 0 Å². The summed E-state index contributed by atoms with van der Waals surface area (Å²) in [6.07, 6.45) is 4.36. The molecule has 0 atom stereocenters. The quantitative estimate of drug-likeness (QED) is 0.736. The normalized spacial score (nSPS) is 31.3. The maximum Gasteiger partial charge on any atom is 0.0351 e. The Morgan fingerprint density at radius 1 is 0.870 bits per heavy atom. The number of nitrogens with zero attached hydrogens (tertiary/aromatic N) is 4. The minimum atomic E-state index is 0.717. The van der Waals surface area contributed by atoms with Crippen molar-refractivity contribution in [2.24, 2.45) is 5.41 Å². The topological polar surface area (TPSA) is 13.0 Å². The van der Waals surface area contributed by atoms with Gasteiger partial charge in [0.2, 0.25) is 0 Å². The molecule has 1 aliphatic carbocycles. The summed E-state index contributed by atoms with van der Waals surface area (Å²) in [6.45, 7) is 18.9. The van der Waals surface area contributed by atoms with Gasteiger partial charge in [0.25, 0.3) is 0 Å². The number of hydrogen-bond acceptors (Lipinski definition) is 4. The van der Waals surface area contributed by atoms with Gasteiger partial charge in [-0.2, -0.15) is 0 Å².